The third-order valence-electron chi connectivity index (χ3n) is 4.07. The van der Waals surface area contributed by atoms with Crippen molar-refractivity contribution >= 4 is 29.6 Å². The molecule has 0 aliphatic carbocycles. The van der Waals surface area contributed by atoms with Crippen LogP contribution in [0.4, 0.5) is 0 Å². The number of carbonyl (C=O) groups is 3. The number of fused-ring (bicyclic) bond motifs is 1. The van der Waals surface area contributed by atoms with E-state index in [1.165, 1.54) is 18.0 Å². The first-order valence-electron chi connectivity index (χ1n) is 7.80. The molecule has 0 spiro atoms. The van der Waals surface area contributed by atoms with Crippen molar-refractivity contribution in [2.75, 3.05) is 31.8 Å². The van der Waals surface area contributed by atoms with Gasteiger partial charge in [-0.25, -0.2) is 9.48 Å². The number of carbonyl (C=O) groups excluding carboxylic acids is 3. The SMILES string of the molecule is COC(=O)c1cn([C@H]2CO[C@H]3[C@@H]2OC[C@@H]3NC(=O)CSCC(=O)[O-])nn1. The molecule has 12 heteroatoms. The smallest absolute Gasteiger partial charge is 0.360 e. The van der Waals surface area contributed by atoms with E-state index in [-0.39, 0.29) is 54.0 Å². The summed E-state index contributed by atoms with van der Waals surface area (Å²) >= 11 is 0.961. The van der Waals surface area contributed by atoms with Gasteiger partial charge in [0.2, 0.25) is 5.91 Å². The van der Waals surface area contributed by atoms with Gasteiger partial charge in [0.15, 0.2) is 5.69 Å². The Labute approximate surface area is 152 Å². The number of rotatable bonds is 7. The van der Waals surface area contributed by atoms with Gasteiger partial charge in [-0.05, 0) is 0 Å². The molecule has 1 amide bonds. The third-order valence-corrected chi connectivity index (χ3v) is 4.98. The first kappa shape index (κ1) is 18.6. The molecule has 2 aliphatic rings. The fraction of sp³-hybridized carbons (Fsp3) is 0.643. The first-order chi connectivity index (χ1) is 12.5. The molecule has 2 aliphatic heterocycles. The highest BCUT2D eigenvalue weighted by molar-refractivity contribution is 8.00. The molecule has 0 radical (unpaired) electrons. The number of hydrogen-bond donors (Lipinski definition) is 1. The quantitative estimate of drug-likeness (QED) is 0.495. The minimum absolute atomic E-state index is 0.0108. The number of carboxylic acid groups (broad SMARTS) is 1. The number of esters is 1. The molecule has 11 nitrogen and oxygen atoms in total. The molecule has 1 N–H and O–H groups in total. The summed E-state index contributed by atoms with van der Waals surface area (Å²) < 4.78 is 17.6. The average Bonchev–Trinajstić information content (AvgIpc) is 3.30. The van der Waals surface area contributed by atoms with E-state index in [2.05, 4.69) is 20.4 Å². The molecular weight excluding hydrogens is 368 g/mol. The number of aliphatic carboxylic acids is 1. The van der Waals surface area contributed by atoms with Crippen LogP contribution in [0.25, 0.3) is 0 Å². The van der Waals surface area contributed by atoms with Gasteiger partial charge < -0.3 is 29.4 Å². The Morgan fingerprint density at radius 3 is 2.85 bits per heavy atom. The van der Waals surface area contributed by atoms with Crippen molar-refractivity contribution in [2.24, 2.45) is 0 Å². The van der Waals surface area contributed by atoms with Crippen LogP contribution in [0.3, 0.4) is 0 Å². The lowest BCUT2D eigenvalue weighted by Gasteiger charge is -2.17. The molecule has 0 saturated carbocycles. The van der Waals surface area contributed by atoms with Crippen LogP contribution in [-0.2, 0) is 23.8 Å². The molecule has 2 fully saturated rings. The van der Waals surface area contributed by atoms with Crippen LogP contribution in [0.2, 0.25) is 0 Å². The van der Waals surface area contributed by atoms with E-state index in [9.17, 15) is 19.5 Å². The Morgan fingerprint density at radius 1 is 1.35 bits per heavy atom. The van der Waals surface area contributed by atoms with Crippen LogP contribution in [0.5, 0.6) is 0 Å². The van der Waals surface area contributed by atoms with E-state index in [0.29, 0.717) is 6.61 Å². The van der Waals surface area contributed by atoms with Crippen molar-refractivity contribution in [1.29, 1.82) is 0 Å². The summed E-state index contributed by atoms with van der Waals surface area (Å²) in [6, 6.07) is -0.620. The maximum atomic E-state index is 11.9. The summed E-state index contributed by atoms with van der Waals surface area (Å²) in [4.78, 5) is 33.7. The predicted octanol–water partition coefficient (Wildman–Crippen LogP) is -2.63. The topological polar surface area (TPSA) is 145 Å². The van der Waals surface area contributed by atoms with E-state index in [1.54, 1.807) is 0 Å². The molecule has 0 bridgehead atoms. The lowest BCUT2D eigenvalue weighted by molar-refractivity contribution is -0.301. The summed E-state index contributed by atoms with van der Waals surface area (Å²) in [6.07, 6.45) is 0.762. The number of nitrogens with one attached hydrogen (secondary N) is 1. The van der Waals surface area contributed by atoms with Gasteiger partial charge in [0.25, 0.3) is 0 Å². The van der Waals surface area contributed by atoms with Crippen molar-refractivity contribution in [3.8, 4) is 0 Å². The fourth-order valence-corrected chi connectivity index (χ4v) is 3.48. The summed E-state index contributed by atoms with van der Waals surface area (Å²) in [5, 5.41) is 20.8. The van der Waals surface area contributed by atoms with Crippen molar-refractivity contribution in [1.82, 2.24) is 20.3 Å². The van der Waals surface area contributed by atoms with Crippen LogP contribution >= 0.6 is 11.8 Å². The summed E-state index contributed by atoms with van der Waals surface area (Å²) in [6.45, 7) is 0.562. The molecule has 0 unspecified atom stereocenters. The number of amides is 1. The molecule has 2 saturated heterocycles. The Balaban J connectivity index is 1.55. The van der Waals surface area contributed by atoms with Crippen LogP contribution in [0.1, 0.15) is 16.5 Å². The number of thioether (sulfide) groups is 1. The Hall–Kier alpha value is -2.18. The first-order valence-corrected chi connectivity index (χ1v) is 8.95. The lowest BCUT2D eigenvalue weighted by atomic mass is 10.1. The van der Waals surface area contributed by atoms with Crippen LogP contribution in [-0.4, -0.2) is 82.9 Å². The van der Waals surface area contributed by atoms with Crippen molar-refractivity contribution in [3.63, 3.8) is 0 Å². The molecule has 1 aromatic heterocycles. The van der Waals surface area contributed by atoms with Gasteiger partial charge in [-0.2, -0.15) is 0 Å². The second-order valence-corrected chi connectivity index (χ2v) is 6.76. The van der Waals surface area contributed by atoms with E-state index >= 15 is 0 Å². The highest BCUT2D eigenvalue weighted by Gasteiger charge is 2.49. The second kappa shape index (κ2) is 8.01. The van der Waals surface area contributed by atoms with Gasteiger partial charge in [-0.3, -0.25) is 4.79 Å². The summed E-state index contributed by atoms with van der Waals surface area (Å²) in [5.41, 5.74) is 0.0868. The van der Waals surface area contributed by atoms with Gasteiger partial charge in [-0.15, -0.1) is 16.9 Å². The zero-order chi connectivity index (χ0) is 18.7. The maximum absolute atomic E-state index is 11.9. The Morgan fingerprint density at radius 2 is 2.12 bits per heavy atom. The minimum Gasteiger partial charge on any atom is -0.549 e. The average molecular weight is 385 g/mol. The zero-order valence-corrected chi connectivity index (χ0v) is 14.6. The van der Waals surface area contributed by atoms with E-state index in [4.69, 9.17) is 9.47 Å². The number of nitrogens with zero attached hydrogens (tertiary/aromatic N) is 3. The van der Waals surface area contributed by atoms with Crippen molar-refractivity contribution in [3.05, 3.63) is 11.9 Å². The molecule has 3 rings (SSSR count). The van der Waals surface area contributed by atoms with Crippen molar-refractivity contribution in [2.45, 2.75) is 24.3 Å². The monoisotopic (exact) mass is 385 g/mol. The molecule has 1 aromatic rings. The zero-order valence-electron chi connectivity index (χ0n) is 13.8. The Kier molecular flexibility index (Phi) is 5.74. The van der Waals surface area contributed by atoms with E-state index in [1.807, 2.05) is 0 Å². The molecular formula is C14H17N4O7S-. The van der Waals surface area contributed by atoms with E-state index < -0.39 is 11.9 Å². The molecule has 0 aromatic carbocycles. The van der Waals surface area contributed by atoms with Gasteiger partial charge in [0, 0.05) is 5.75 Å². The highest BCUT2D eigenvalue weighted by atomic mass is 32.2. The molecule has 3 heterocycles. The summed E-state index contributed by atoms with van der Waals surface area (Å²) in [7, 11) is 1.26. The normalized spacial score (nSPS) is 27.1. The Bertz CT molecular complexity index is 697. The third kappa shape index (κ3) is 3.97. The van der Waals surface area contributed by atoms with Crippen LogP contribution in [0.15, 0.2) is 6.20 Å². The second-order valence-electron chi connectivity index (χ2n) is 5.78. The number of ether oxygens (including phenoxy) is 3. The highest BCUT2D eigenvalue weighted by Crippen LogP contribution is 2.33. The predicted molar refractivity (Wildman–Crippen MR) is 84.1 cm³/mol. The molecule has 142 valence electrons. The van der Waals surface area contributed by atoms with Gasteiger partial charge in [0.05, 0.1) is 44.3 Å². The minimum atomic E-state index is -1.21. The molecule has 26 heavy (non-hydrogen) atoms. The largest absolute Gasteiger partial charge is 0.549 e. The number of hydrogen-bond acceptors (Lipinski definition) is 10. The van der Waals surface area contributed by atoms with Gasteiger partial charge in [-0.1, -0.05) is 5.21 Å². The van der Waals surface area contributed by atoms with Gasteiger partial charge in [0.1, 0.15) is 18.2 Å². The fourth-order valence-electron chi connectivity index (χ4n) is 2.94. The standard InChI is InChI=1S/C14H18N4O7S/c1-23-14(22)7-2-18(17-16-7)9-4-25-12-8(3-24-13(9)12)15-10(19)5-26-6-11(20)21/h2,8-9,12-13H,3-6H2,1H3,(H,15,19)(H,20,21)/p-1/t8-,9-,12+,13+/m0/s1. The lowest BCUT2D eigenvalue weighted by Crippen LogP contribution is -2.44. The van der Waals surface area contributed by atoms with Crippen molar-refractivity contribution < 1.29 is 33.7 Å². The van der Waals surface area contributed by atoms with E-state index in [0.717, 1.165) is 11.8 Å². The number of aromatic nitrogens is 3. The van der Waals surface area contributed by atoms with Crippen LogP contribution < -0.4 is 10.4 Å². The summed E-state index contributed by atoms with van der Waals surface area (Å²) in [5.74, 6) is -2.33. The number of methoxy groups -OCH3 is 1. The maximum Gasteiger partial charge on any atom is 0.360 e. The number of carboxylic acids is 1. The van der Waals surface area contributed by atoms with Gasteiger partial charge >= 0.3 is 5.97 Å². The van der Waals surface area contributed by atoms with Crippen LogP contribution in [0, 0.1) is 0 Å². The molecule has 4 atom stereocenters.